The van der Waals surface area contributed by atoms with Gasteiger partial charge < -0.3 is 10.2 Å². The third-order valence-electron chi connectivity index (χ3n) is 5.23. The molecule has 0 atom stereocenters. The predicted molar refractivity (Wildman–Crippen MR) is 103 cm³/mol. The third-order valence-corrected chi connectivity index (χ3v) is 5.23. The summed E-state index contributed by atoms with van der Waals surface area (Å²) >= 11 is 0. The number of anilines is 1. The largest absolute Gasteiger partial charge is 0.352 e. The quantitative estimate of drug-likeness (QED) is 0.767. The zero-order chi connectivity index (χ0) is 19.7. The molecule has 3 heterocycles. The van der Waals surface area contributed by atoms with Crippen LogP contribution in [-0.2, 0) is 11.3 Å². The number of carbonyl (C=O) groups excluding carboxylic acids is 1. The van der Waals surface area contributed by atoms with Gasteiger partial charge in [-0.2, -0.15) is 0 Å². The summed E-state index contributed by atoms with van der Waals surface area (Å²) in [4.78, 5) is 49.5. The number of rotatable bonds is 5. The van der Waals surface area contributed by atoms with E-state index in [-0.39, 0.29) is 29.6 Å². The molecule has 0 bridgehead atoms. The number of aryl methyl sites for hydroxylation is 1. The first-order chi connectivity index (χ1) is 13.5. The number of hydrogen-bond donors (Lipinski definition) is 2. The van der Waals surface area contributed by atoms with E-state index in [9.17, 15) is 14.4 Å². The average molecular weight is 384 g/mol. The first-order valence-corrected chi connectivity index (χ1v) is 9.66. The fourth-order valence-corrected chi connectivity index (χ4v) is 3.54. The van der Waals surface area contributed by atoms with Crippen molar-refractivity contribution in [2.45, 2.75) is 51.1 Å². The van der Waals surface area contributed by atoms with E-state index < -0.39 is 0 Å². The van der Waals surface area contributed by atoms with E-state index in [0.29, 0.717) is 30.6 Å². The molecule has 9 nitrogen and oxygen atoms in total. The SMILES string of the molecule is Cc1cc(=O)[nH]c(N2CCC(NC(=O)Cn3cnc(C4CC4)cc3=O)CC2)n1. The second-order valence-corrected chi connectivity index (χ2v) is 7.59. The summed E-state index contributed by atoms with van der Waals surface area (Å²) in [7, 11) is 0. The lowest BCUT2D eigenvalue weighted by Crippen LogP contribution is -2.46. The van der Waals surface area contributed by atoms with Gasteiger partial charge in [0.1, 0.15) is 6.54 Å². The van der Waals surface area contributed by atoms with Crippen LogP contribution < -0.4 is 21.3 Å². The van der Waals surface area contributed by atoms with Crippen LogP contribution in [-0.4, -0.2) is 44.6 Å². The summed E-state index contributed by atoms with van der Waals surface area (Å²) in [6.45, 7) is 3.15. The highest BCUT2D eigenvalue weighted by Gasteiger charge is 2.26. The molecule has 2 fully saturated rings. The number of aromatic amines is 1. The number of carbonyl (C=O) groups is 1. The molecule has 1 aliphatic heterocycles. The maximum atomic E-state index is 12.3. The standard InChI is InChI=1S/C19H24N6O3/c1-12-8-16(26)23-19(21-12)24-6-4-14(5-7-24)22-17(27)10-25-11-20-15(9-18(25)28)13-2-3-13/h8-9,11,13-14H,2-7,10H2,1H3,(H,22,27)(H,21,23,26). The summed E-state index contributed by atoms with van der Waals surface area (Å²) in [6, 6.07) is 3.04. The van der Waals surface area contributed by atoms with Crippen LogP contribution in [0.25, 0.3) is 0 Å². The van der Waals surface area contributed by atoms with E-state index in [1.165, 1.54) is 17.0 Å². The molecule has 1 saturated heterocycles. The molecular weight excluding hydrogens is 360 g/mol. The van der Waals surface area contributed by atoms with Crippen molar-refractivity contribution in [3.63, 3.8) is 0 Å². The Morgan fingerprint density at radius 2 is 1.96 bits per heavy atom. The van der Waals surface area contributed by atoms with Crippen molar-refractivity contribution in [2.75, 3.05) is 18.0 Å². The minimum atomic E-state index is -0.191. The highest BCUT2D eigenvalue weighted by Crippen LogP contribution is 2.38. The zero-order valence-corrected chi connectivity index (χ0v) is 15.9. The molecule has 0 spiro atoms. The molecule has 1 amide bonds. The Bertz CT molecular complexity index is 986. The van der Waals surface area contributed by atoms with Gasteiger partial charge in [0.25, 0.3) is 11.1 Å². The van der Waals surface area contributed by atoms with Gasteiger partial charge in [0.15, 0.2) is 0 Å². The average Bonchev–Trinajstić information content (AvgIpc) is 3.48. The molecule has 2 aromatic rings. The Morgan fingerprint density at radius 1 is 1.21 bits per heavy atom. The number of hydrogen-bond acceptors (Lipinski definition) is 6. The second kappa shape index (κ2) is 7.57. The van der Waals surface area contributed by atoms with Crippen molar-refractivity contribution in [1.29, 1.82) is 0 Å². The molecule has 28 heavy (non-hydrogen) atoms. The van der Waals surface area contributed by atoms with Crippen LogP contribution in [0.15, 0.2) is 28.0 Å². The van der Waals surface area contributed by atoms with E-state index in [4.69, 9.17) is 0 Å². The lowest BCUT2D eigenvalue weighted by molar-refractivity contribution is -0.122. The van der Waals surface area contributed by atoms with Crippen molar-refractivity contribution < 1.29 is 4.79 Å². The maximum Gasteiger partial charge on any atom is 0.254 e. The predicted octanol–water partition coefficient (Wildman–Crippen LogP) is 0.298. The number of nitrogens with one attached hydrogen (secondary N) is 2. The number of aromatic nitrogens is 4. The molecule has 2 aliphatic rings. The van der Waals surface area contributed by atoms with Gasteiger partial charge in [-0.3, -0.25) is 23.9 Å². The summed E-state index contributed by atoms with van der Waals surface area (Å²) in [6.07, 6.45) is 5.13. The van der Waals surface area contributed by atoms with Gasteiger partial charge >= 0.3 is 0 Å². The summed E-state index contributed by atoms with van der Waals surface area (Å²) in [5, 5.41) is 2.99. The van der Waals surface area contributed by atoms with E-state index >= 15 is 0 Å². The molecule has 0 aromatic carbocycles. The minimum absolute atomic E-state index is 0.0241. The normalized spacial score (nSPS) is 17.5. The molecular formula is C19H24N6O3. The minimum Gasteiger partial charge on any atom is -0.352 e. The number of amides is 1. The summed E-state index contributed by atoms with van der Waals surface area (Å²) in [5.41, 5.74) is 1.17. The molecule has 2 aromatic heterocycles. The van der Waals surface area contributed by atoms with E-state index in [2.05, 4.69) is 20.3 Å². The third kappa shape index (κ3) is 4.29. The topological polar surface area (TPSA) is 113 Å². The summed E-state index contributed by atoms with van der Waals surface area (Å²) in [5.74, 6) is 0.797. The highest BCUT2D eigenvalue weighted by molar-refractivity contribution is 5.76. The smallest absolute Gasteiger partial charge is 0.254 e. The lowest BCUT2D eigenvalue weighted by atomic mass is 10.1. The molecule has 148 valence electrons. The second-order valence-electron chi connectivity index (χ2n) is 7.59. The van der Waals surface area contributed by atoms with Gasteiger partial charge in [-0.1, -0.05) is 0 Å². The molecule has 2 N–H and O–H groups in total. The van der Waals surface area contributed by atoms with Crippen LogP contribution in [0.1, 0.15) is 43.0 Å². The molecule has 1 saturated carbocycles. The Labute approximate surface area is 161 Å². The van der Waals surface area contributed by atoms with E-state index in [0.717, 1.165) is 31.4 Å². The molecule has 0 unspecified atom stereocenters. The monoisotopic (exact) mass is 384 g/mol. The first kappa shape index (κ1) is 18.4. The number of piperidine rings is 1. The van der Waals surface area contributed by atoms with E-state index in [1.54, 1.807) is 13.0 Å². The van der Waals surface area contributed by atoms with Crippen LogP contribution in [0, 0.1) is 6.92 Å². The van der Waals surface area contributed by atoms with Gasteiger partial charge in [-0.25, -0.2) is 9.97 Å². The lowest BCUT2D eigenvalue weighted by Gasteiger charge is -2.32. The van der Waals surface area contributed by atoms with E-state index in [1.807, 2.05) is 4.90 Å². The van der Waals surface area contributed by atoms with Crippen molar-refractivity contribution >= 4 is 11.9 Å². The van der Waals surface area contributed by atoms with Gasteiger partial charge in [-0.15, -0.1) is 0 Å². The summed E-state index contributed by atoms with van der Waals surface area (Å²) < 4.78 is 1.34. The number of nitrogens with zero attached hydrogens (tertiary/aromatic N) is 4. The Kier molecular flexibility index (Phi) is 4.97. The van der Waals surface area contributed by atoms with Crippen molar-refractivity contribution in [3.05, 3.63) is 50.6 Å². The van der Waals surface area contributed by atoms with Gasteiger partial charge in [0, 0.05) is 42.9 Å². The van der Waals surface area contributed by atoms with Crippen LogP contribution in [0.2, 0.25) is 0 Å². The molecule has 1 aliphatic carbocycles. The number of H-pyrrole nitrogens is 1. The van der Waals surface area contributed by atoms with Gasteiger partial charge in [0.2, 0.25) is 11.9 Å². The zero-order valence-electron chi connectivity index (χ0n) is 15.9. The Hall–Kier alpha value is -2.97. The highest BCUT2D eigenvalue weighted by atomic mass is 16.2. The molecule has 9 heteroatoms. The van der Waals surface area contributed by atoms with Crippen LogP contribution >= 0.6 is 0 Å². The molecule has 0 radical (unpaired) electrons. The fraction of sp³-hybridized carbons (Fsp3) is 0.526. The first-order valence-electron chi connectivity index (χ1n) is 9.66. The van der Waals surface area contributed by atoms with Gasteiger partial charge in [-0.05, 0) is 32.6 Å². The maximum absolute atomic E-state index is 12.3. The fourth-order valence-electron chi connectivity index (χ4n) is 3.54. The van der Waals surface area contributed by atoms with Crippen LogP contribution in [0.5, 0.6) is 0 Å². The van der Waals surface area contributed by atoms with Crippen molar-refractivity contribution in [1.82, 2.24) is 24.8 Å². The Balaban J connectivity index is 1.30. The van der Waals surface area contributed by atoms with Crippen LogP contribution in [0.3, 0.4) is 0 Å². The van der Waals surface area contributed by atoms with Crippen LogP contribution in [0.4, 0.5) is 5.95 Å². The van der Waals surface area contributed by atoms with Crippen molar-refractivity contribution in [3.8, 4) is 0 Å². The van der Waals surface area contributed by atoms with Gasteiger partial charge in [0.05, 0.1) is 12.0 Å². The van der Waals surface area contributed by atoms with Crippen molar-refractivity contribution in [2.24, 2.45) is 0 Å². The molecule has 4 rings (SSSR count). The Morgan fingerprint density at radius 3 is 2.61 bits per heavy atom.